The van der Waals surface area contributed by atoms with Gasteiger partial charge >= 0.3 is 0 Å². The third kappa shape index (κ3) is 3.53. The van der Waals surface area contributed by atoms with Crippen molar-refractivity contribution < 1.29 is 4.79 Å². The first-order valence-electron chi connectivity index (χ1n) is 9.36. The Morgan fingerprint density at radius 1 is 1.07 bits per heavy atom. The Balaban J connectivity index is 1.58. The van der Waals surface area contributed by atoms with Gasteiger partial charge in [0.1, 0.15) is 18.5 Å². The molecule has 1 aromatic carbocycles. The molecular formula is C21H24N6O. The van der Waals surface area contributed by atoms with E-state index in [4.69, 9.17) is 0 Å². The first kappa shape index (κ1) is 18.3. The smallest absolute Gasteiger partial charge is 0.254 e. The number of carbonyl (C=O) groups is 1. The van der Waals surface area contributed by atoms with E-state index >= 15 is 0 Å². The number of amides is 1. The summed E-state index contributed by atoms with van der Waals surface area (Å²) in [4.78, 5) is 21.7. The van der Waals surface area contributed by atoms with E-state index in [1.807, 2.05) is 4.90 Å². The van der Waals surface area contributed by atoms with Crippen LogP contribution in [0.4, 0.5) is 0 Å². The average molecular weight is 376 g/mol. The van der Waals surface area contributed by atoms with Crippen molar-refractivity contribution >= 4 is 5.91 Å². The van der Waals surface area contributed by atoms with Gasteiger partial charge in [-0.25, -0.2) is 4.98 Å². The molecule has 7 heteroatoms. The van der Waals surface area contributed by atoms with Crippen molar-refractivity contribution in [3.63, 3.8) is 0 Å². The maximum atomic E-state index is 13.2. The molecule has 2 aromatic heterocycles. The number of carbonyl (C=O) groups excluding carboxylic acids is 1. The zero-order valence-corrected chi connectivity index (χ0v) is 16.4. The van der Waals surface area contributed by atoms with Gasteiger partial charge in [0, 0.05) is 36.8 Å². The van der Waals surface area contributed by atoms with Crippen LogP contribution in [0.25, 0.3) is 5.82 Å². The molecule has 1 saturated heterocycles. The molecule has 2 atom stereocenters. The van der Waals surface area contributed by atoms with E-state index in [0.29, 0.717) is 30.4 Å². The second-order valence-electron chi connectivity index (χ2n) is 7.53. The molecule has 0 spiro atoms. The zero-order valence-electron chi connectivity index (χ0n) is 16.4. The number of likely N-dealkylation sites (tertiary alicyclic amines) is 1. The number of hydrogen-bond acceptors (Lipinski definition) is 5. The third-order valence-electron chi connectivity index (χ3n) is 5.42. The van der Waals surface area contributed by atoms with E-state index in [1.54, 1.807) is 35.6 Å². The number of aryl methyl sites for hydroxylation is 1. The van der Waals surface area contributed by atoms with Crippen LogP contribution in [0.5, 0.6) is 0 Å². The van der Waals surface area contributed by atoms with Crippen LogP contribution < -0.4 is 0 Å². The normalized spacial score (nSPS) is 19.4. The molecule has 1 aliphatic heterocycles. The summed E-state index contributed by atoms with van der Waals surface area (Å²) in [5.74, 6) is 0.950. The third-order valence-corrected chi connectivity index (χ3v) is 5.42. The highest BCUT2D eigenvalue weighted by molar-refractivity contribution is 5.94. The molecule has 0 saturated carbocycles. The van der Waals surface area contributed by atoms with Crippen molar-refractivity contribution in [1.82, 2.24) is 29.5 Å². The predicted octanol–water partition coefficient (Wildman–Crippen LogP) is 2.14. The number of pyridine rings is 1. The second-order valence-corrected chi connectivity index (χ2v) is 7.53. The number of benzene rings is 1. The second kappa shape index (κ2) is 7.52. The molecule has 0 N–H and O–H groups in total. The molecule has 0 radical (unpaired) electrons. The van der Waals surface area contributed by atoms with Crippen LogP contribution in [-0.4, -0.2) is 68.7 Å². The molecule has 0 aliphatic carbocycles. The Morgan fingerprint density at radius 3 is 2.46 bits per heavy atom. The largest absolute Gasteiger partial charge is 0.336 e. The van der Waals surface area contributed by atoms with Gasteiger partial charge < -0.3 is 9.80 Å². The monoisotopic (exact) mass is 376 g/mol. The Labute approximate surface area is 164 Å². The van der Waals surface area contributed by atoms with Crippen molar-refractivity contribution in [3.05, 3.63) is 71.9 Å². The van der Waals surface area contributed by atoms with Crippen molar-refractivity contribution in [2.24, 2.45) is 0 Å². The van der Waals surface area contributed by atoms with Crippen LogP contribution in [0.1, 0.15) is 27.4 Å². The Morgan fingerprint density at radius 2 is 1.79 bits per heavy atom. The van der Waals surface area contributed by atoms with Gasteiger partial charge in [0.05, 0.1) is 0 Å². The summed E-state index contributed by atoms with van der Waals surface area (Å²) >= 11 is 0. The Hall–Kier alpha value is -3.06. The summed E-state index contributed by atoms with van der Waals surface area (Å²) in [7, 11) is 4.16. The molecule has 7 nitrogen and oxygen atoms in total. The van der Waals surface area contributed by atoms with E-state index in [0.717, 1.165) is 0 Å². The van der Waals surface area contributed by atoms with Gasteiger partial charge in [-0.3, -0.25) is 9.36 Å². The average Bonchev–Trinajstić information content (AvgIpc) is 3.38. The summed E-state index contributed by atoms with van der Waals surface area (Å²) in [6, 6.07) is 12.5. The number of likely N-dealkylation sites (N-methyl/N-ethyl adjacent to an activating group) is 1. The summed E-state index contributed by atoms with van der Waals surface area (Å²) in [6.45, 7) is 3.50. The lowest BCUT2D eigenvalue weighted by Gasteiger charge is -2.25. The van der Waals surface area contributed by atoms with Crippen molar-refractivity contribution in [2.45, 2.75) is 18.9 Å². The van der Waals surface area contributed by atoms with E-state index in [-0.39, 0.29) is 11.9 Å². The minimum atomic E-state index is 0.0261. The fraction of sp³-hybridized carbons (Fsp3) is 0.333. The molecule has 1 aliphatic rings. The fourth-order valence-corrected chi connectivity index (χ4v) is 3.81. The van der Waals surface area contributed by atoms with E-state index in [2.05, 4.69) is 65.4 Å². The maximum Gasteiger partial charge on any atom is 0.254 e. The first-order valence-corrected chi connectivity index (χ1v) is 9.36. The predicted molar refractivity (Wildman–Crippen MR) is 106 cm³/mol. The highest BCUT2D eigenvalue weighted by atomic mass is 16.2. The molecule has 144 valence electrons. The van der Waals surface area contributed by atoms with Gasteiger partial charge in [0.15, 0.2) is 0 Å². The highest BCUT2D eigenvalue weighted by Gasteiger charge is 2.37. The highest BCUT2D eigenvalue weighted by Crippen LogP contribution is 2.31. The van der Waals surface area contributed by atoms with E-state index in [9.17, 15) is 4.79 Å². The van der Waals surface area contributed by atoms with E-state index in [1.165, 1.54) is 11.1 Å². The van der Waals surface area contributed by atoms with Gasteiger partial charge in [-0.1, -0.05) is 29.8 Å². The van der Waals surface area contributed by atoms with E-state index < -0.39 is 0 Å². The molecule has 28 heavy (non-hydrogen) atoms. The quantitative estimate of drug-likeness (QED) is 0.698. The number of aromatic nitrogens is 4. The number of hydrogen-bond donors (Lipinski definition) is 0. The maximum absolute atomic E-state index is 13.2. The minimum Gasteiger partial charge on any atom is -0.336 e. The summed E-state index contributed by atoms with van der Waals surface area (Å²) in [5.41, 5.74) is 3.15. The Bertz CT molecular complexity index is 951. The molecular weight excluding hydrogens is 352 g/mol. The van der Waals surface area contributed by atoms with Crippen LogP contribution in [0.3, 0.4) is 0 Å². The summed E-state index contributed by atoms with van der Waals surface area (Å²) < 4.78 is 1.69. The standard InChI is InChI=1S/C21H24N6O/c1-15-4-6-16(7-5-15)18-11-26(12-19(18)25(2)3)21(28)17-8-9-22-20(10-17)27-13-23-24-14-27/h4-10,13-14,18-19H,11-12H2,1-3H3/t18-,19+/m0/s1. The minimum absolute atomic E-state index is 0.0261. The Kier molecular flexibility index (Phi) is 4.92. The molecule has 3 heterocycles. The molecule has 0 bridgehead atoms. The topological polar surface area (TPSA) is 67.2 Å². The first-order chi connectivity index (χ1) is 13.5. The molecule has 1 fully saturated rings. The number of nitrogens with zero attached hydrogens (tertiary/aromatic N) is 6. The number of rotatable bonds is 4. The lowest BCUT2D eigenvalue weighted by atomic mass is 9.93. The lowest BCUT2D eigenvalue weighted by Crippen LogP contribution is -2.35. The van der Waals surface area contributed by atoms with Gasteiger partial charge in [-0.15, -0.1) is 10.2 Å². The molecule has 3 aromatic rings. The van der Waals surface area contributed by atoms with Crippen molar-refractivity contribution in [1.29, 1.82) is 0 Å². The van der Waals surface area contributed by atoms with Crippen molar-refractivity contribution in [3.8, 4) is 5.82 Å². The summed E-state index contributed by atoms with van der Waals surface area (Å²) in [5, 5.41) is 7.60. The lowest BCUT2D eigenvalue weighted by molar-refractivity contribution is 0.0782. The van der Waals surface area contributed by atoms with Crippen molar-refractivity contribution in [2.75, 3.05) is 27.2 Å². The van der Waals surface area contributed by atoms with Gasteiger partial charge in [0.25, 0.3) is 5.91 Å². The van der Waals surface area contributed by atoms with Crippen LogP contribution in [-0.2, 0) is 0 Å². The van der Waals surface area contributed by atoms with Crippen LogP contribution >= 0.6 is 0 Å². The molecule has 1 amide bonds. The fourth-order valence-electron chi connectivity index (χ4n) is 3.81. The molecule has 4 rings (SSSR count). The van der Waals surface area contributed by atoms with Gasteiger partial charge in [0.2, 0.25) is 0 Å². The summed E-state index contributed by atoms with van der Waals surface area (Å²) in [6.07, 6.45) is 4.80. The molecule has 0 unspecified atom stereocenters. The van der Waals surface area contributed by atoms with Gasteiger partial charge in [-0.05, 0) is 38.7 Å². The van der Waals surface area contributed by atoms with Gasteiger partial charge in [-0.2, -0.15) is 0 Å². The SMILES string of the molecule is Cc1ccc([C@@H]2CN(C(=O)c3ccnc(-n4cnnc4)c3)C[C@H]2N(C)C)cc1. The van der Waals surface area contributed by atoms with Crippen LogP contribution in [0.15, 0.2) is 55.2 Å². The van der Waals surface area contributed by atoms with Crippen LogP contribution in [0.2, 0.25) is 0 Å². The zero-order chi connectivity index (χ0) is 19.7. The van der Waals surface area contributed by atoms with Crippen LogP contribution in [0, 0.1) is 6.92 Å².